The van der Waals surface area contributed by atoms with Crippen LogP contribution in [-0.4, -0.2) is 25.5 Å². The number of nitrogens with zero attached hydrogens (tertiary/aromatic N) is 1. The molecule has 2 nitrogen and oxygen atoms in total. The standard InChI is InChI=1S/C10H16NO/c1-11(2)8-4-3-6-10-7-5-9-12-10/h5,7H,3-4,6,8H2,1-2H3. The summed E-state index contributed by atoms with van der Waals surface area (Å²) in [6.45, 7) is 1.16. The van der Waals surface area contributed by atoms with E-state index >= 15 is 0 Å². The SMILES string of the molecule is CN(C)CCCCc1cc[c]o1. The average molecular weight is 166 g/mol. The molecule has 0 aliphatic carbocycles. The van der Waals surface area contributed by atoms with Gasteiger partial charge in [0.05, 0.1) is 0 Å². The summed E-state index contributed by atoms with van der Waals surface area (Å²) < 4.78 is 5.10. The molecule has 0 saturated heterocycles. The minimum absolute atomic E-state index is 1.04. The molecule has 1 radical (unpaired) electrons. The molecule has 0 bridgehead atoms. The van der Waals surface area contributed by atoms with E-state index in [4.69, 9.17) is 4.42 Å². The normalized spacial score (nSPS) is 10.9. The predicted octanol–water partition coefficient (Wildman–Crippen LogP) is 1.96. The first-order chi connectivity index (χ1) is 5.79. The maximum absolute atomic E-state index is 5.10. The van der Waals surface area contributed by atoms with Gasteiger partial charge in [0.2, 0.25) is 0 Å². The van der Waals surface area contributed by atoms with Gasteiger partial charge in [-0.3, -0.25) is 0 Å². The molecule has 0 unspecified atom stereocenters. The summed E-state index contributed by atoms with van der Waals surface area (Å²) >= 11 is 0. The van der Waals surface area contributed by atoms with Crippen molar-refractivity contribution in [2.24, 2.45) is 0 Å². The van der Waals surface area contributed by atoms with Gasteiger partial charge in [-0.1, -0.05) is 0 Å². The van der Waals surface area contributed by atoms with Crippen molar-refractivity contribution in [3.8, 4) is 0 Å². The smallest absolute Gasteiger partial charge is 0.169 e. The van der Waals surface area contributed by atoms with Crippen LogP contribution in [0.4, 0.5) is 0 Å². The first-order valence-electron chi connectivity index (χ1n) is 4.38. The molecule has 0 amide bonds. The first kappa shape index (κ1) is 9.33. The molecule has 0 N–H and O–H groups in total. The van der Waals surface area contributed by atoms with E-state index in [2.05, 4.69) is 25.3 Å². The van der Waals surface area contributed by atoms with Crippen LogP contribution < -0.4 is 0 Å². The molecule has 1 aromatic rings. The van der Waals surface area contributed by atoms with Crippen molar-refractivity contribution in [1.29, 1.82) is 0 Å². The lowest BCUT2D eigenvalue weighted by atomic mass is 10.2. The monoisotopic (exact) mass is 166 g/mol. The van der Waals surface area contributed by atoms with Gasteiger partial charge in [-0.05, 0) is 45.6 Å². The third kappa shape index (κ3) is 3.58. The topological polar surface area (TPSA) is 16.4 Å². The van der Waals surface area contributed by atoms with Gasteiger partial charge in [-0.25, -0.2) is 0 Å². The van der Waals surface area contributed by atoms with Gasteiger partial charge in [0, 0.05) is 6.42 Å². The molecular weight excluding hydrogens is 150 g/mol. The molecule has 0 aromatic carbocycles. The molecule has 1 rings (SSSR count). The quantitative estimate of drug-likeness (QED) is 0.622. The van der Waals surface area contributed by atoms with Crippen molar-refractivity contribution in [1.82, 2.24) is 4.90 Å². The van der Waals surface area contributed by atoms with Gasteiger partial charge in [-0.2, -0.15) is 0 Å². The van der Waals surface area contributed by atoms with Crippen LogP contribution >= 0.6 is 0 Å². The van der Waals surface area contributed by atoms with Crippen LogP contribution in [0, 0.1) is 6.26 Å². The van der Waals surface area contributed by atoms with Crippen molar-refractivity contribution < 1.29 is 4.42 Å². The Morgan fingerprint density at radius 2 is 2.25 bits per heavy atom. The molecule has 2 heteroatoms. The predicted molar refractivity (Wildman–Crippen MR) is 49.0 cm³/mol. The summed E-state index contributed by atoms with van der Waals surface area (Å²) in [5.41, 5.74) is 0. The molecule has 1 aromatic heterocycles. The number of aryl methyl sites for hydroxylation is 1. The maximum atomic E-state index is 5.10. The van der Waals surface area contributed by atoms with Crippen LogP contribution in [0.2, 0.25) is 0 Å². The van der Waals surface area contributed by atoms with Crippen LogP contribution in [0.25, 0.3) is 0 Å². The van der Waals surface area contributed by atoms with E-state index in [9.17, 15) is 0 Å². The summed E-state index contributed by atoms with van der Waals surface area (Å²) in [6, 6.07) is 3.80. The van der Waals surface area contributed by atoms with Gasteiger partial charge in [0.15, 0.2) is 6.26 Å². The van der Waals surface area contributed by atoms with Crippen molar-refractivity contribution in [3.63, 3.8) is 0 Å². The Balaban J connectivity index is 2.04. The number of rotatable bonds is 5. The van der Waals surface area contributed by atoms with Crippen molar-refractivity contribution in [2.75, 3.05) is 20.6 Å². The maximum Gasteiger partial charge on any atom is 0.169 e. The summed E-state index contributed by atoms with van der Waals surface area (Å²) in [5.74, 6) is 1.05. The highest BCUT2D eigenvalue weighted by Gasteiger charge is 1.96. The van der Waals surface area contributed by atoms with Crippen LogP contribution in [0.3, 0.4) is 0 Å². The Morgan fingerprint density at radius 3 is 2.83 bits per heavy atom. The summed E-state index contributed by atoms with van der Waals surface area (Å²) in [5, 5.41) is 0. The van der Waals surface area contributed by atoms with E-state index in [1.165, 1.54) is 12.8 Å². The molecule has 0 aliphatic rings. The highest BCUT2D eigenvalue weighted by Crippen LogP contribution is 2.04. The molecule has 0 saturated carbocycles. The van der Waals surface area contributed by atoms with Crippen LogP contribution in [0.15, 0.2) is 16.5 Å². The second-order valence-corrected chi connectivity index (χ2v) is 3.28. The van der Waals surface area contributed by atoms with E-state index in [1.807, 2.05) is 12.1 Å². The van der Waals surface area contributed by atoms with E-state index in [0.717, 1.165) is 18.7 Å². The third-order valence-electron chi connectivity index (χ3n) is 1.81. The number of hydrogen-bond acceptors (Lipinski definition) is 2. The van der Waals surface area contributed by atoms with Gasteiger partial charge >= 0.3 is 0 Å². The molecule has 1 heterocycles. The highest BCUT2D eigenvalue weighted by molar-refractivity contribution is 4.96. The molecule has 0 aliphatic heterocycles. The van der Waals surface area contributed by atoms with E-state index in [-0.39, 0.29) is 0 Å². The van der Waals surface area contributed by atoms with E-state index in [0.29, 0.717) is 0 Å². The second kappa shape index (κ2) is 4.99. The zero-order valence-corrected chi connectivity index (χ0v) is 7.84. The molecule has 12 heavy (non-hydrogen) atoms. The Bertz CT molecular complexity index is 192. The van der Waals surface area contributed by atoms with Gasteiger partial charge in [0.1, 0.15) is 5.76 Å². The Morgan fingerprint density at radius 1 is 1.42 bits per heavy atom. The molecule has 0 spiro atoms. The van der Waals surface area contributed by atoms with Crippen LogP contribution in [-0.2, 0) is 6.42 Å². The number of hydrogen-bond donors (Lipinski definition) is 0. The third-order valence-corrected chi connectivity index (χ3v) is 1.81. The zero-order valence-electron chi connectivity index (χ0n) is 7.84. The number of furan rings is 1. The van der Waals surface area contributed by atoms with Gasteiger partial charge < -0.3 is 9.32 Å². The molecule has 0 atom stereocenters. The first-order valence-corrected chi connectivity index (χ1v) is 4.38. The highest BCUT2D eigenvalue weighted by atomic mass is 16.3. The number of unbranched alkanes of at least 4 members (excludes halogenated alkanes) is 1. The lowest BCUT2D eigenvalue weighted by Crippen LogP contribution is -2.12. The fourth-order valence-corrected chi connectivity index (χ4v) is 1.13. The largest absolute Gasteiger partial charge is 0.458 e. The van der Waals surface area contributed by atoms with Gasteiger partial charge in [-0.15, -0.1) is 0 Å². The van der Waals surface area contributed by atoms with Gasteiger partial charge in [0.25, 0.3) is 0 Å². The Hall–Kier alpha value is -0.760. The Labute approximate surface area is 74.2 Å². The fraction of sp³-hybridized carbons (Fsp3) is 0.600. The van der Waals surface area contributed by atoms with Crippen molar-refractivity contribution in [3.05, 3.63) is 24.2 Å². The second-order valence-electron chi connectivity index (χ2n) is 3.28. The lowest BCUT2D eigenvalue weighted by molar-refractivity contribution is 0.389. The molecule has 67 valence electrons. The molecule has 0 fully saturated rings. The van der Waals surface area contributed by atoms with Crippen molar-refractivity contribution in [2.45, 2.75) is 19.3 Å². The van der Waals surface area contributed by atoms with E-state index in [1.54, 1.807) is 0 Å². The van der Waals surface area contributed by atoms with Crippen LogP contribution in [0.5, 0.6) is 0 Å². The Kier molecular flexibility index (Phi) is 3.88. The lowest BCUT2D eigenvalue weighted by Gasteiger charge is -2.07. The average Bonchev–Trinajstić information content (AvgIpc) is 2.49. The summed E-state index contributed by atoms with van der Waals surface area (Å²) in [6.07, 6.45) is 6.16. The summed E-state index contributed by atoms with van der Waals surface area (Å²) in [7, 11) is 4.20. The van der Waals surface area contributed by atoms with E-state index < -0.39 is 0 Å². The fourth-order valence-electron chi connectivity index (χ4n) is 1.13. The van der Waals surface area contributed by atoms with Crippen LogP contribution in [0.1, 0.15) is 18.6 Å². The zero-order chi connectivity index (χ0) is 8.81. The molecular formula is C10H16NO. The van der Waals surface area contributed by atoms with Crippen molar-refractivity contribution >= 4 is 0 Å². The minimum atomic E-state index is 1.04. The minimum Gasteiger partial charge on any atom is -0.458 e. The summed E-state index contributed by atoms with van der Waals surface area (Å²) in [4.78, 5) is 2.20.